The highest BCUT2D eigenvalue weighted by Gasteiger charge is 2.12. The minimum absolute atomic E-state index is 0.129. The third-order valence-corrected chi connectivity index (χ3v) is 5.34. The highest BCUT2D eigenvalue weighted by molar-refractivity contribution is 6.35. The molecule has 0 atom stereocenters. The van der Waals surface area contributed by atoms with Crippen molar-refractivity contribution in [1.82, 2.24) is 4.98 Å². The SMILES string of the molecule is O=C(CCCOc1ccc(Cl)cc1Cl)Nc1ccc2nc(-c3ccccc3Cl)oc2c1. The lowest BCUT2D eigenvalue weighted by molar-refractivity contribution is -0.116. The molecule has 0 fully saturated rings. The van der Waals surface area contributed by atoms with E-state index < -0.39 is 0 Å². The van der Waals surface area contributed by atoms with Crippen LogP contribution in [0.4, 0.5) is 5.69 Å². The molecule has 0 spiro atoms. The first kappa shape index (κ1) is 21.5. The number of hydrogen-bond donors (Lipinski definition) is 1. The summed E-state index contributed by atoms with van der Waals surface area (Å²) in [5.41, 5.74) is 2.59. The van der Waals surface area contributed by atoms with E-state index in [9.17, 15) is 4.79 Å². The summed E-state index contributed by atoms with van der Waals surface area (Å²) >= 11 is 18.1. The molecular formula is C23H17Cl3N2O3. The molecule has 5 nitrogen and oxygen atoms in total. The van der Waals surface area contributed by atoms with Crippen LogP contribution in [0.3, 0.4) is 0 Å². The fourth-order valence-corrected chi connectivity index (χ4v) is 3.66. The van der Waals surface area contributed by atoms with E-state index in [-0.39, 0.29) is 5.91 Å². The van der Waals surface area contributed by atoms with Gasteiger partial charge in [-0.15, -0.1) is 0 Å². The zero-order valence-electron chi connectivity index (χ0n) is 16.2. The predicted molar refractivity (Wildman–Crippen MR) is 124 cm³/mol. The predicted octanol–water partition coefficient (Wildman–Crippen LogP) is 7.25. The maximum atomic E-state index is 12.3. The third-order valence-electron chi connectivity index (χ3n) is 4.48. The van der Waals surface area contributed by atoms with Crippen LogP contribution in [0.25, 0.3) is 22.6 Å². The molecule has 0 saturated heterocycles. The molecule has 31 heavy (non-hydrogen) atoms. The molecule has 1 aromatic heterocycles. The van der Waals surface area contributed by atoms with Crippen LogP contribution >= 0.6 is 34.8 Å². The maximum Gasteiger partial charge on any atom is 0.228 e. The van der Waals surface area contributed by atoms with Crippen molar-refractivity contribution < 1.29 is 13.9 Å². The molecular weight excluding hydrogens is 459 g/mol. The summed E-state index contributed by atoms with van der Waals surface area (Å²) < 4.78 is 11.4. The molecule has 1 N–H and O–H groups in total. The van der Waals surface area contributed by atoms with Gasteiger partial charge in [0.05, 0.1) is 22.2 Å². The minimum atomic E-state index is -0.129. The van der Waals surface area contributed by atoms with E-state index in [0.717, 1.165) is 0 Å². The Balaban J connectivity index is 1.33. The van der Waals surface area contributed by atoms with Gasteiger partial charge in [-0.2, -0.15) is 0 Å². The summed E-state index contributed by atoms with van der Waals surface area (Å²) in [6, 6.07) is 17.7. The van der Waals surface area contributed by atoms with Crippen molar-refractivity contribution in [3.8, 4) is 17.2 Å². The van der Waals surface area contributed by atoms with Gasteiger partial charge in [0.1, 0.15) is 11.3 Å². The summed E-state index contributed by atoms with van der Waals surface area (Å²) in [5, 5.41) is 4.40. The van der Waals surface area contributed by atoms with E-state index in [1.165, 1.54) is 0 Å². The number of benzene rings is 3. The topological polar surface area (TPSA) is 64.4 Å². The van der Waals surface area contributed by atoms with E-state index in [1.54, 1.807) is 42.5 Å². The number of nitrogens with zero attached hydrogens (tertiary/aromatic N) is 1. The van der Waals surface area contributed by atoms with Gasteiger partial charge in [0, 0.05) is 23.2 Å². The van der Waals surface area contributed by atoms with Gasteiger partial charge < -0.3 is 14.5 Å². The number of carbonyl (C=O) groups excluding carboxylic acids is 1. The lowest BCUT2D eigenvalue weighted by atomic mass is 10.2. The first-order chi connectivity index (χ1) is 15.0. The van der Waals surface area contributed by atoms with Crippen molar-refractivity contribution in [1.29, 1.82) is 0 Å². The number of ether oxygens (including phenoxy) is 1. The van der Waals surface area contributed by atoms with Crippen molar-refractivity contribution in [3.63, 3.8) is 0 Å². The Morgan fingerprint density at radius 2 is 1.84 bits per heavy atom. The zero-order chi connectivity index (χ0) is 21.8. The second-order valence-electron chi connectivity index (χ2n) is 6.76. The molecule has 3 aromatic carbocycles. The van der Waals surface area contributed by atoms with Crippen LogP contribution in [0, 0.1) is 0 Å². The van der Waals surface area contributed by atoms with Gasteiger partial charge in [-0.3, -0.25) is 4.79 Å². The molecule has 0 aliphatic heterocycles. The fraction of sp³-hybridized carbons (Fsp3) is 0.130. The summed E-state index contributed by atoms with van der Waals surface area (Å²) in [6.45, 7) is 0.358. The van der Waals surface area contributed by atoms with Crippen LogP contribution in [0.5, 0.6) is 5.75 Å². The van der Waals surface area contributed by atoms with Crippen molar-refractivity contribution in [2.45, 2.75) is 12.8 Å². The van der Waals surface area contributed by atoms with Crippen molar-refractivity contribution in [2.24, 2.45) is 0 Å². The molecule has 0 unspecified atom stereocenters. The Labute approximate surface area is 193 Å². The van der Waals surface area contributed by atoms with Crippen LogP contribution in [-0.2, 0) is 4.79 Å². The van der Waals surface area contributed by atoms with Gasteiger partial charge in [0.2, 0.25) is 11.8 Å². The van der Waals surface area contributed by atoms with Gasteiger partial charge in [0.15, 0.2) is 5.58 Å². The van der Waals surface area contributed by atoms with E-state index in [0.29, 0.717) is 68.5 Å². The molecule has 1 amide bonds. The van der Waals surface area contributed by atoms with Gasteiger partial charge in [-0.05, 0) is 48.9 Å². The third kappa shape index (κ3) is 5.31. The largest absolute Gasteiger partial charge is 0.492 e. The number of amides is 1. The molecule has 0 radical (unpaired) electrons. The van der Waals surface area contributed by atoms with Gasteiger partial charge in [-0.25, -0.2) is 4.98 Å². The highest BCUT2D eigenvalue weighted by atomic mass is 35.5. The molecule has 0 aliphatic carbocycles. The zero-order valence-corrected chi connectivity index (χ0v) is 18.5. The number of fused-ring (bicyclic) bond motifs is 1. The lowest BCUT2D eigenvalue weighted by Gasteiger charge is -2.08. The first-order valence-corrected chi connectivity index (χ1v) is 10.7. The van der Waals surface area contributed by atoms with Crippen LogP contribution in [0.15, 0.2) is 65.1 Å². The molecule has 1 heterocycles. The van der Waals surface area contributed by atoms with Crippen molar-refractivity contribution in [2.75, 3.05) is 11.9 Å². The number of carbonyl (C=O) groups is 1. The smallest absolute Gasteiger partial charge is 0.228 e. The van der Waals surface area contributed by atoms with Crippen molar-refractivity contribution in [3.05, 3.63) is 75.7 Å². The first-order valence-electron chi connectivity index (χ1n) is 9.53. The molecule has 8 heteroatoms. The molecule has 0 bridgehead atoms. The second-order valence-corrected chi connectivity index (χ2v) is 8.01. The Bertz CT molecular complexity index is 1240. The van der Waals surface area contributed by atoms with E-state index in [4.69, 9.17) is 44.0 Å². The summed E-state index contributed by atoms with van der Waals surface area (Å²) in [5.74, 6) is 0.842. The number of anilines is 1. The Hall–Kier alpha value is -2.73. The summed E-state index contributed by atoms with van der Waals surface area (Å²) in [4.78, 5) is 16.7. The van der Waals surface area contributed by atoms with Crippen LogP contribution in [-0.4, -0.2) is 17.5 Å². The van der Waals surface area contributed by atoms with Crippen LogP contribution in [0.2, 0.25) is 15.1 Å². The van der Waals surface area contributed by atoms with Crippen molar-refractivity contribution >= 4 is 57.5 Å². The number of rotatable bonds is 7. The van der Waals surface area contributed by atoms with E-state index in [1.807, 2.05) is 18.2 Å². The standard InChI is InChI=1S/C23H17Cl3N2O3/c24-14-7-10-20(18(26)12-14)30-11-3-6-22(29)27-15-8-9-19-21(13-15)31-23(28-19)16-4-1-2-5-17(16)25/h1-2,4-5,7-10,12-13H,3,6,11H2,(H,27,29). The Morgan fingerprint density at radius 1 is 1.00 bits per heavy atom. The van der Waals surface area contributed by atoms with Gasteiger partial charge >= 0.3 is 0 Å². The molecule has 0 aliphatic rings. The van der Waals surface area contributed by atoms with E-state index in [2.05, 4.69) is 10.3 Å². The second kappa shape index (κ2) is 9.60. The number of nitrogens with one attached hydrogen (secondary N) is 1. The highest BCUT2D eigenvalue weighted by Crippen LogP contribution is 2.31. The lowest BCUT2D eigenvalue weighted by Crippen LogP contribution is -2.12. The number of aromatic nitrogens is 1. The quantitative estimate of drug-likeness (QED) is 0.286. The number of halogens is 3. The molecule has 4 aromatic rings. The fourth-order valence-electron chi connectivity index (χ4n) is 2.98. The molecule has 158 valence electrons. The summed E-state index contributed by atoms with van der Waals surface area (Å²) in [6.07, 6.45) is 0.830. The van der Waals surface area contributed by atoms with Gasteiger partial charge in [-0.1, -0.05) is 46.9 Å². The van der Waals surface area contributed by atoms with Crippen LogP contribution < -0.4 is 10.1 Å². The number of hydrogen-bond acceptors (Lipinski definition) is 4. The maximum absolute atomic E-state index is 12.3. The minimum Gasteiger partial charge on any atom is -0.492 e. The average molecular weight is 476 g/mol. The van der Waals surface area contributed by atoms with E-state index >= 15 is 0 Å². The Kier molecular flexibility index (Phi) is 6.66. The Morgan fingerprint density at radius 3 is 2.65 bits per heavy atom. The molecule has 4 rings (SSSR count). The monoisotopic (exact) mass is 474 g/mol. The number of oxazole rings is 1. The summed E-state index contributed by atoms with van der Waals surface area (Å²) in [7, 11) is 0. The van der Waals surface area contributed by atoms with Crippen LogP contribution in [0.1, 0.15) is 12.8 Å². The average Bonchev–Trinajstić information content (AvgIpc) is 3.16. The van der Waals surface area contributed by atoms with Gasteiger partial charge in [0.25, 0.3) is 0 Å². The molecule has 0 saturated carbocycles. The normalized spacial score (nSPS) is 10.9.